The van der Waals surface area contributed by atoms with E-state index in [1.807, 2.05) is 18.4 Å². The number of hydrogen-bond acceptors (Lipinski definition) is 4. The first-order chi connectivity index (χ1) is 9.79. The van der Waals surface area contributed by atoms with Crippen molar-refractivity contribution >= 4 is 21.4 Å². The molecule has 2 heterocycles. The van der Waals surface area contributed by atoms with E-state index in [1.54, 1.807) is 0 Å². The molecule has 108 valence electrons. The van der Waals surface area contributed by atoms with E-state index in [4.69, 9.17) is 4.74 Å². The van der Waals surface area contributed by atoms with Gasteiger partial charge in [-0.1, -0.05) is 18.2 Å². The summed E-state index contributed by atoms with van der Waals surface area (Å²) < 4.78 is 6.90. The first-order valence-corrected chi connectivity index (χ1v) is 8.03. The highest BCUT2D eigenvalue weighted by atomic mass is 32.1. The van der Waals surface area contributed by atoms with Crippen LogP contribution in [0.3, 0.4) is 0 Å². The Bertz CT molecular complexity index is 575. The van der Waals surface area contributed by atoms with Crippen molar-refractivity contribution in [2.24, 2.45) is 0 Å². The fourth-order valence-corrected chi connectivity index (χ4v) is 4.10. The number of likely N-dealkylation sites (N-methyl/N-ethyl adjacent to an activating group) is 1. The van der Waals surface area contributed by atoms with E-state index in [1.165, 1.54) is 20.5 Å². The van der Waals surface area contributed by atoms with Gasteiger partial charge in [0.2, 0.25) is 0 Å². The number of thiophene rings is 1. The first kappa shape index (κ1) is 14.0. The standard InChI is InChI=1S/C16H22N2OS/c1-17-9-16-14(10-18(2)12-7-8-19-11-12)13-5-3-4-6-15(13)20-16/h3-6,12,17H,7-11H2,1-2H3. The highest BCUT2D eigenvalue weighted by molar-refractivity contribution is 7.19. The number of nitrogens with one attached hydrogen (secondary N) is 1. The third-order valence-electron chi connectivity index (χ3n) is 4.06. The monoisotopic (exact) mass is 290 g/mol. The van der Waals surface area contributed by atoms with Crippen molar-refractivity contribution < 1.29 is 4.74 Å². The molecule has 1 N–H and O–H groups in total. The number of hydrogen-bond donors (Lipinski definition) is 1. The summed E-state index contributed by atoms with van der Waals surface area (Å²) in [6.07, 6.45) is 1.15. The Hall–Kier alpha value is -0.940. The van der Waals surface area contributed by atoms with Crippen molar-refractivity contribution in [3.63, 3.8) is 0 Å². The topological polar surface area (TPSA) is 24.5 Å². The Kier molecular flexibility index (Phi) is 4.36. The molecular formula is C16H22N2OS. The molecule has 0 aliphatic carbocycles. The van der Waals surface area contributed by atoms with Crippen LogP contribution in [0.15, 0.2) is 24.3 Å². The molecule has 0 spiro atoms. The summed E-state index contributed by atoms with van der Waals surface area (Å²) in [5.41, 5.74) is 1.48. The van der Waals surface area contributed by atoms with E-state index in [2.05, 4.69) is 41.5 Å². The van der Waals surface area contributed by atoms with E-state index in [-0.39, 0.29) is 0 Å². The predicted octanol–water partition coefficient (Wildman–Crippen LogP) is 2.84. The zero-order valence-corrected chi connectivity index (χ0v) is 13.0. The maximum Gasteiger partial charge on any atom is 0.0622 e. The molecule has 0 amide bonds. The summed E-state index contributed by atoms with van der Waals surface area (Å²) in [6.45, 7) is 3.74. The van der Waals surface area contributed by atoms with Crippen LogP contribution in [0.25, 0.3) is 10.1 Å². The average Bonchev–Trinajstić information content (AvgIpc) is 3.08. The molecule has 1 saturated heterocycles. The van der Waals surface area contributed by atoms with Gasteiger partial charge in [-0.15, -0.1) is 11.3 Å². The Balaban J connectivity index is 1.89. The van der Waals surface area contributed by atoms with Gasteiger partial charge in [0.05, 0.1) is 6.61 Å². The number of nitrogens with zero attached hydrogens (tertiary/aromatic N) is 1. The minimum Gasteiger partial charge on any atom is -0.380 e. The fourth-order valence-electron chi connectivity index (χ4n) is 2.87. The molecule has 1 aromatic heterocycles. The SMILES string of the molecule is CNCc1sc2ccccc2c1CN(C)C1CCOC1. The van der Waals surface area contributed by atoms with Crippen LogP contribution in [0.5, 0.6) is 0 Å². The van der Waals surface area contributed by atoms with E-state index in [0.717, 1.165) is 32.7 Å². The summed E-state index contributed by atoms with van der Waals surface area (Å²) in [6, 6.07) is 9.30. The normalized spacial score (nSPS) is 19.2. The molecule has 3 rings (SSSR count). The Morgan fingerprint density at radius 2 is 2.25 bits per heavy atom. The van der Waals surface area contributed by atoms with E-state index >= 15 is 0 Å². The van der Waals surface area contributed by atoms with Crippen molar-refractivity contribution in [3.8, 4) is 0 Å². The van der Waals surface area contributed by atoms with Gasteiger partial charge in [0.25, 0.3) is 0 Å². The van der Waals surface area contributed by atoms with Gasteiger partial charge in [-0.2, -0.15) is 0 Å². The zero-order chi connectivity index (χ0) is 13.9. The molecule has 1 atom stereocenters. The molecule has 1 fully saturated rings. The highest BCUT2D eigenvalue weighted by Crippen LogP contribution is 2.32. The van der Waals surface area contributed by atoms with Gasteiger partial charge < -0.3 is 10.1 Å². The predicted molar refractivity (Wildman–Crippen MR) is 85.3 cm³/mol. The highest BCUT2D eigenvalue weighted by Gasteiger charge is 2.22. The van der Waals surface area contributed by atoms with Crippen molar-refractivity contribution in [1.82, 2.24) is 10.2 Å². The van der Waals surface area contributed by atoms with Crippen LogP contribution >= 0.6 is 11.3 Å². The molecule has 20 heavy (non-hydrogen) atoms. The van der Waals surface area contributed by atoms with Gasteiger partial charge in [-0.25, -0.2) is 0 Å². The van der Waals surface area contributed by atoms with Crippen molar-refractivity contribution in [3.05, 3.63) is 34.7 Å². The van der Waals surface area contributed by atoms with Crippen molar-refractivity contribution in [1.29, 1.82) is 0 Å². The van der Waals surface area contributed by atoms with Crippen molar-refractivity contribution in [2.75, 3.05) is 27.3 Å². The van der Waals surface area contributed by atoms with Gasteiger partial charge in [0.15, 0.2) is 0 Å². The Labute approximate surface area is 124 Å². The number of rotatable bonds is 5. The second-order valence-corrected chi connectivity index (χ2v) is 6.60. The molecule has 1 aromatic carbocycles. The van der Waals surface area contributed by atoms with E-state index < -0.39 is 0 Å². The fraction of sp³-hybridized carbons (Fsp3) is 0.500. The van der Waals surface area contributed by atoms with Crippen LogP contribution in [-0.4, -0.2) is 38.3 Å². The lowest BCUT2D eigenvalue weighted by atomic mass is 10.1. The largest absolute Gasteiger partial charge is 0.380 e. The van der Waals surface area contributed by atoms with Crippen LogP contribution in [0, 0.1) is 0 Å². The summed E-state index contributed by atoms with van der Waals surface area (Å²) in [5, 5.41) is 4.71. The van der Waals surface area contributed by atoms with Gasteiger partial charge in [-0.3, -0.25) is 4.90 Å². The third-order valence-corrected chi connectivity index (χ3v) is 5.27. The van der Waals surface area contributed by atoms with Crippen LogP contribution in [-0.2, 0) is 17.8 Å². The van der Waals surface area contributed by atoms with E-state index in [9.17, 15) is 0 Å². The van der Waals surface area contributed by atoms with Crippen LogP contribution in [0.1, 0.15) is 16.9 Å². The molecule has 4 heteroatoms. The molecule has 1 unspecified atom stereocenters. The van der Waals surface area contributed by atoms with Crippen LogP contribution < -0.4 is 5.32 Å². The second kappa shape index (κ2) is 6.22. The average molecular weight is 290 g/mol. The maximum atomic E-state index is 5.51. The van der Waals surface area contributed by atoms with Crippen LogP contribution in [0.4, 0.5) is 0 Å². The number of ether oxygens (including phenoxy) is 1. The Morgan fingerprint density at radius 3 is 3.00 bits per heavy atom. The maximum absolute atomic E-state index is 5.51. The number of fused-ring (bicyclic) bond motifs is 1. The molecule has 0 saturated carbocycles. The Morgan fingerprint density at radius 1 is 1.40 bits per heavy atom. The quantitative estimate of drug-likeness (QED) is 0.916. The molecule has 1 aliphatic heterocycles. The summed E-state index contributed by atoms with van der Waals surface area (Å²) >= 11 is 1.91. The van der Waals surface area contributed by atoms with Gasteiger partial charge >= 0.3 is 0 Å². The molecule has 3 nitrogen and oxygen atoms in total. The van der Waals surface area contributed by atoms with Gasteiger partial charge in [0, 0.05) is 35.3 Å². The summed E-state index contributed by atoms with van der Waals surface area (Å²) in [7, 11) is 4.23. The molecule has 1 aliphatic rings. The summed E-state index contributed by atoms with van der Waals surface area (Å²) in [4.78, 5) is 3.90. The molecule has 0 bridgehead atoms. The summed E-state index contributed by atoms with van der Waals surface area (Å²) in [5.74, 6) is 0. The van der Waals surface area contributed by atoms with E-state index in [0.29, 0.717) is 6.04 Å². The second-order valence-electron chi connectivity index (χ2n) is 5.46. The van der Waals surface area contributed by atoms with Gasteiger partial charge in [-0.05, 0) is 37.5 Å². The minimum absolute atomic E-state index is 0.566. The minimum atomic E-state index is 0.566. The molecule has 0 radical (unpaired) electrons. The van der Waals surface area contributed by atoms with Crippen LogP contribution in [0.2, 0.25) is 0 Å². The molecular weight excluding hydrogens is 268 g/mol. The number of benzene rings is 1. The lowest BCUT2D eigenvalue weighted by Crippen LogP contribution is -2.31. The zero-order valence-electron chi connectivity index (χ0n) is 12.2. The van der Waals surface area contributed by atoms with Gasteiger partial charge in [0.1, 0.15) is 0 Å². The lowest BCUT2D eigenvalue weighted by Gasteiger charge is -2.23. The lowest BCUT2D eigenvalue weighted by molar-refractivity contribution is 0.156. The third kappa shape index (κ3) is 2.74. The molecule has 2 aromatic rings. The smallest absolute Gasteiger partial charge is 0.0622 e. The first-order valence-electron chi connectivity index (χ1n) is 7.21. The van der Waals surface area contributed by atoms with Crippen molar-refractivity contribution in [2.45, 2.75) is 25.6 Å².